The lowest BCUT2D eigenvalue weighted by Crippen LogP contribution is -2.01. The molecule has 15 heavy (non-hydrogen) atoms. The Morgan fingerprint density at radius 1 is 1.40 bits per heavy atom. The maximum Gasteiger partial charge on any atom is 0.282 e. The van der Waals surface area contributed by atoms with Crippen molar-refractivity contribution in [3.63, 3.8) is 0 Å². The van der Waals surface area contributed by atoms with Gasteiger partial charge in [0.05, 0.1) is 0 Å². The number of carbonyl (C=O) groups is 1. The van der Waals surface area contributed by atoms with Crippen LogP contribution in [0.2, 0.25) is 0 Å². The predicted molar refractivity (Wildman–Crippen MR) is 60.8 cm³/mol. The Balaban J connectivity index is 2.24. The standard InChI is InChI=1S/C9H7N3OS2/c10-9(13)15-7-5-14-8(12-7)6-1-3-11-4-2-6/h1-5H,(H2,10,13). The molecule has 2 aromatic heterocycles. The summed E-state index contributed by atoms with van der Waals surface area (Å²) in [5, 5.41) is 2.87. The molecule has 0 spiro atoms. The number of primary amides is 1. The van der Waals surface area contributed by atoms with Crippen LogP contribution < -0.4 is 5.73 Å². The number of pyridine rings is 1. The molecule has 6 heteroatoms. The van der Waals surface area contributed by atoms with Gasteiger partial charge in [-0.15, -0.1) is 11.3 Å². The Morgan fingerprint density at radius 2 is 2.13 bits per heavy atom. The summed E-state index contributed by atoms with van der Waals surface area (Å²) < 4.78 is 0. The molecule has 2 aromatic rings. The molecule has 0 fully saturated rings. The zero-order valence-corrected chi connectivity index (χ0v) is 9.22. The second-order valence-corrected chi connectivity index (χ2v) is 4.53. The number of aromatic nitrogens is 2. The lowest BCUT2D eigenvalue weighted by molar-refractivity contribution is 0.267. The summed E-state index contributed by atoms with van der Waals surface area (Å²) in [6, 6.07) is 3.75. The number of thiazole rings is 1. The Labute approximate surface area is 94.6 Å². The molecule has 2 rings (SSSR count). The van der Waals surface area contributed by atoms with Crippen LogP contribution in [-0.2, 0) is 0 Å². The third-order valence-corrected chi connectivity index (χ3v) is 3.28. The van der Waals surface area contributed by atoms with Gasteiger partial charge in [-0.05, 0) is 23.9 Å². The van der Waals surface area contributed by atoms with Crippen LogP contribution in [0.3, 0.4) is 0 Å². The molecule has 0 aliphatic heterocycles. The summed E-state index contributed by atoms with van der Waals surface area (Å²) in [5.41, 5.74) is 6.04. The monoisotopic (exact) mass is 237 g/mol. The van der Waals surface area contributed by atoms with Gasteiger partial charge in [0.25, 0.3) is 5.24 Å². The molecule has 0 saturated carbocycles. The zero-order valence-electron chi connectivity index (χ0n) is 7.58. The first-order valence-corrected chi connectivity index (χ1v) is 5.78. The fraction of sp³-hybridized carbons (Fsp3) is 0. The lowest BCUT2D eigenvalue weighted by atomic mass is 10.3. The van der Waals surface area contributed by atoms with Crippen LogP contribution >= 0.6 is 23.1 Å². The average molecular weight is 237 g/mol. The molecule has 1 amide bonds. The molecule has 4 nitrogen and oxygen atoms in total. The van der Waals surface area contributed by atoms with Crippen molar-refractivity contribution in [2.24, 2.45) is 5.73 Å². The highest BCUT2D eigenvalue weighted by Crippen LogP contribution is 2.27. The summed E-state index contributed by atoms with van der Waals surface area (Å²) in [5.74, 6) is 0. The molecule has 0 bridgehead atoms. The van der Waals surface area contributed by atoms with Crippen molar-refractivity contribution >= 4 is 28.3 Å². The average Bonchev–Trinajstić information content (AvgIpc) is 2.67. The summed E-state index contributed by atoms with van der Waals surface area (Å²) >= 11 is 2.41. The van der Waals surface area contributed by atoms with E-state index in [2.05, 4.69) is 9.97 Å². The molecule has 0 radical (unpaired) electrons. The zero-order chi connectivity index (χ0) is 10.7. The minimum absolute atomic E-state index is 0.443. The molecular formula is C9H7N3OS2. The van der Waals surface area contributed by atoms with E-state index in [0.717, 1.165) is 22.3 Å². The first-order chi connectivity index (χ1) is 7.25. The number of amides is 1. The smallest absolute Gasteiger partial charge is 0.282 e. The quantitative estimate of drug-likeness (QED) is 0.814. The number of hydrogen-bond donors (Lipinski definition) is 1. The van der Waals surface area contributed by atoms with Crippen LogP contribution in [0.5, 0.6) is 0 Å². The van der Waals surface area contributed by atoms with Crippen LogP contribution in [-0.4, -0.2) is 15.2 Å². The third-order valence-electron chi connectivity index (χ3n) is 1.62. The number of thioether (sulfide) groups is 1. The van der Waals surface area contributed by atoms with Crippen molar-refractivity contribution in [3.05, 3.63) is 29.9 Å². The van der Waals surface area contributed by atoms with E-state index in [0.29, 0.717) is 5.03 Å². The molecule has 0 saturated heterocycles. The maximum absolute atomic E-state index is 10.7. The van der Waals surface area contributed by atoms with E-state index in [1.54, 1.807) is 12.4 Å². The van der Waals surface area contributed by atoms with Gasteiger partial charge < -0.3 is 5.73 Å². The SMILES string of the molecule is NC(=O)Sc1csc(-c2ccncc2)n1. The molecule has 2 heterocycles. The first kappa shape index (κ1) is 10.1. The number of rotatable bonds is 2. The van der Waals surface area contributed by atoms with E-state index in [1.807, 2.05) is 17.5 Å². The van der Waals surface area contributed by atoms with E-state index < -0.39 is 5.24 Å². The van der Waals surface area contributed by atoms with E-state index >= 15 is 0 Å². The van der Waals surface area contributed by atoms with Gasteiger partial charge in [-0.3, -0.25) is 9.78 Å². The molecule has 0 aromatic carbocycles. The summed E-state index contributed by atoms with van der Waals surface area (Å²) in [4.78, 5) is 18.9. The second kappa shape index (κ2) is 4.41. The van der Waals surface area contributed by atoms with Crippen molar-refractivity contribution in [1.82, 2.24) is 9.97 Å². The Morgan fingerprint density at radius 3 is 2.80 bits per heavy atom. The number of carbonyl (C=O) groups excluding carboxylic acids is 1. The fourth-order valence-electron chi connectivity index (χ4n) is 1.04. The molecule has 0 aliphatic carbocycles. The highest BCUT2D eigenvalue weighted by atomic mass is 32.2. The Kier molecular flexibility index (Phi) is 2.98. The van der Waals surface area contributed by atoms with Crippen LogP contribution in [0, 0.1) is 0 Å². The highest BCUT2D eigenvalue weighted by molar-refractivity contribution is 8.13. The van der Waals surface area contributed by atoms with Gasteiger partial charge in [-0.2, -0.15) is 0 Å². The van der Waals surface area contributed by atoms with Crippen molar-refractivity contribution in [2.45, 2.75) is 5.03 Å². The highest BCUT2D eigenvalue weighted by Gasteiger charge is 2.06. The van der Waals surface area contributed by atoms with Gasteiger partial charge in [0.1, 0.15) is 10.0 Å². The summed E-state index contributed by atoms with van der Waals surface area (Å²) in [7, 11) is 0. The van der Waals surface area contributed by atoms with E-state index in [9.17, 15) is 4.79 Å². The van der Waals surface area contributed by atoms with Gasteiger partial charge in [0.15, 0.2) is 0 Å². The topological polar surface area (TPSA) is 68.9 Å². The number of hydrogen-bond acceptors (Lipinski definition) is 5. The van der Waals surface area contributed by atoms with Crippen molar-refractivity contribution in [2.75, 3.05) is 0 Å². The van der Waals surface area contributed by atoms with Gasteiger partial charge in [-0.25, -0.2) is 4.98 Å². The van der Waals surface area contributed by atoms with Crippen LogP contribution in [0.25, 0.3) is 10.6 Å². The molecule has 76 valence electrons. The van der Waals surface area contributed by atoms with E-state index in [4.69, 9.17) is 5.73 Å². The van der Waals surface area contributed by atoms with Gasteiger partial charge in [0.2, 0.25) is 0 Å². The van der Waals surface area contributed by atoms with Crippen molar-refractivity contribution < 1.29 is 4.79 Å². The second-order valence-electron chi connectivity index (χ2n) is 2.65. The van der Waals surface area contributed by atoms with Crippen molar-refractivity contribution in [3.8, 4) is 10.6 Å². The molecular weight excluding hydrogens is 230 g/mol. The normalized spacial score (nSPS) is 10.1. The van der Waals surface area contributed by atoms with Gasteiger partial charge in [-0.1, -0.05) is 0 Å². The lowest BCUT2D eigenvalue weighted by Gasteiger charge is -1.92. The van der Waals surface area contributed by atoms with E-state index in [-0.39, 0.29) is 0 Å². The van der Waals surface area contributed by atoms with Gasteiger partial charge >= 0.3 is 0 Å². The molecule has 0 atom stereocenters. The summed E-state index contributed by atoms with van der Waals surface area (Å²) in [6.07, 6.45) is 3.41. The molecule has 2 N–H and O–H groups in total. The minimum Gasteiger partial charge on any atom is -0.360 e. The maximum atomic E-state index is 10.7. The Bertz CT molecular complexity index is 469. The molecule has 0 unspecified atom stereocenters. The number of nitrogens with zero attached hydrogens (tertiary/aromatic N) is 2. The number of nitrogens with two attached hydrogens (primary N) is 1. The van der Waals surface area contributed by atoms with Crippen LogP contribution in [0.1, 0.15) is 0 Å². The summed E-state index contributed by atoms with van der Waals surface area (Å²) in [6.45, 7) is 0. The van der Waals surface area contributed by atoms with Gasteiger partial charge in [0, 0.05) is 23.3 Å². The molecule has 0 aliphatic rings. The van der Waals surface area contributed by atoms with Crippen LogP contribution in [0.15, 0.2) is 34.9 Å². The Hall–Kier alpha value is -1.40. The first-order valence-electron chi connectivity index (χ1n) is 4.09. The largest absolute Gasteiger partial charge is 0.360 e. The predicted octanol–water partition coefficient (Wildman–Crippen LogP) is 2.38. The van der Waals surface area contributed by atoms with Crippen molar-refractivity contribution in [1.29, 1.82) is 0 Å². The van der Waals surface area contributed by atoms with Crippen LogP contribution in [0.4, 0.5) is 4.79 Å². The third kappa shape index (κ3) is 2.54. The van der Waals surface area contributed by atoms with E-state index in [1.165, 1.54) is 11.3 Å². The fourth-order valence-corrected chi connectivity index (χ4v) is 2.46. The minimum atomic E-state index is -0.443.